The maximum absolute atomic E-state index is 13.7. The predicted octanol–water partition coefficient (Wildman–Crippen LogP) is 2.45. The highest BCUT2D eigenvalue weighted by molar-refractivity contribution is 8.13. The van der Waals surface area contributed by atoms with Crippen LogP contribution in [-0.2, 0) is 13.8 Å². The summed E-state index contributed by atoms with van der Waals surface area (Å²) in [6.45, 7) is 0.797. The van der Waals surface area contributed by atoms with Crippen molar-refractivity contribution in [3.8, 4) is 5.75 Å². The van der Waals surface area contributed by atoms with Gasteiger partial charge in [-0.1, -0.05) is 0 Å². The molecule has 106 valence electrons. The zero-order chi connectivity index (χ0) is 14.0. The van der Waals surface area contributed by atoms with E-state index in [2.05, 4.69) is 0 Å². The van der Waals surface area contributed by atoms with Gasteiger partial charge in [0.2, 0.25) is 0 Å². The molecule has 0 aliphatic carbocycles. The fourth-order valence-electron chi connectivity index (χ4n) is 1.80. The summed E-state index contributed by atoms with van der Waals surface area (Å²) < 4.78 is 59.8. The summed E-state index contributed by atoms with van der Waals surface area (Å²) in [5.74, 6) is -2.71. The van der Waals surface area contributed by atoms with Crippen LogP contribution in [0.5, 0.6) is 5.75 Å². The van der Waals surface area contributed by atoms with Gasteiger partial charge in [-0.3, -0.25) is 0 Å². The predicted molar refractivity (Wildman–Crippen MR) is 63.9 cm³/mol. The van der Waals surface area contributed by atoms with Gasteiger partial charge in [-0.15, -0.1) is 0 Å². The second kappa shape index (κ2) is 5.60. The minimum absolute atomic E-state index is 0.221. The third-order valence-corrected chi connectivity index (χ3v) is 3.97. The standard InChI is InChI=1S/C11H11ClF2O4S/c12-19(15,16)10-5-7(13)4-9(14)11(10)18-8-2-1-3-17-6-8/h4-5,8H,1-3,6H2. The van der Waals surface area contributed by atoms with Crippen LogP contribution in [0.25, 0.3) is 0 Å². The molecule has 1 aliphatic heterocycles. The van der Waals surface area contributed by atoms with E-state index in [4.69, 9.17) is 20.2 Å². The molecule has 0 bridgehead atoms. The van der Waals surface area contributed by atoms with Crippen LogP contribution in [0.15, 0.2) is 17.0 Å². The van der Waals surface area contributed by atoms with Crippen LogP contribution in [0, 0.1) is 11.6 Å². The fraction of sp³-hybridized carbons (Fsp3) is 0.455. The van der Waals surface area contributed by atoms with Gasteiger partial charge in [0.05, 0.1) is 6.61 Å². The van der Waals surface area contributed by atoms with Crippen LogP contribution in [0.3, 0.4) is 0 Å². The monoisotopic (exact) mass is 312 g/mol. The Morgan fingerprint density at radius 1 is 1.37 bits per heavy atom. The molecule has 0 spiro atoms. The van der Waals surface area contributed by atoms with Gasteiger partial charge < -0.3 is 9.47 Å². The van der Waals surface area contributed by atoms with Crippen molar-refractivity contribution >= 4 is 19.7 Å². The Labute approximate surface area is 113 Å². The van der Waals surface area contributed by atoms with Crippen LogP contribution in [-0.4, -0.2) is 27.7 Å². The molecule has 1 atom stereocenters. The third-order valence-electron chi connectivity index (χ3n) is 2.64. The SMILES string of the molecule is O=S(=O)(Cl)c1cc(F)cc(F)c1OC1CCCOC1. The lowest BCUT2D eigenvalue weighted by molar-refractivity contribution is 0.00450. The summed E-state index contributed by atoms with van der Waals surface area (Å²) in [7, 11) is 0.850. The van der Waals surface area contributed by atoms with Gasteiger partial charge in [0.25, 0.3) is 9.05 Å². The molecule has 1 heterocycles. The van der Waals surface area contributed by atoms with Crippen molar-refractivity contribution in [1.29, 1.82) is 0 Å². The second-order valence-corrected chi connectivity index (χ2v) is 6.64. The van der Waals surface area contributed by atoms with Gasteiger partial charge in [0.15, 0.2) is 11.6 Å². The fourth-order valence-corrected chi connectivity index (χ4v) is 2.77. The molecular weight excluding hydrogens is 302 g/mol. The Morgan fingerprint density at radius 2 is 2.11 bits per heavy atom. The molecule has 2 rings (SSSR count). The van der Waals surface area contributed by atoms with Crippen molar-refractivity contribution in [2.45, 2.75) is 23.8 Å². The summed E-state index contributed by atoms with van der Waals surface area (Å²) in [5.41, 5.74) is 0. The minimum atomic E-state index is -4.30. The van der Waals surface area contributed by atoms with Crippen LogP contribution in [0.1, 0.15) is 12.8 Å². The van der Waals surface area contributed by atoms with Crippen molar-refractivity contribution in [3.05, 3.63) is 23.8 Å². The Balaban J connectivity index is 2.37. The smallest absolute Gasteiger partial charge is 0.265 e. The quantitative estimate of drug-likeness (QED) is 0.805. The van der Waals surface area contributed by atoms with E-state index in [9.17, 15) is 17.2 Å². The van der Waals surface area contributed by atoms with Crippen molar-refractivity contribution in [1.82, 2.24) is 0 Å². The first-order chi connectivity index (χ1) is 8.88. The molecule has 0 amide bonds. The Hall–Kier alpha value is -0.920. The van der Waals surface area contributed by atoms with E-state index in [0.29, 0.717) is 25.2 Å². The van der Waals surface area contributed by atoms with Crippen molar-refractivity contribution in [3.63, 3.8) is 0 Å². The lowest BCUT2D eigenvalue weighted by atomic mass is 10.2. The molecule has 1 aliphatic rings. The van der Waals surface area contributed by atoms with Gasteiger partial charge in [-0.2, -0.15) is 0 Å². The molecule has 8 heteroatoms. The molecule has 4 nitrogen and oxygen atoms in total. The molecule has 0 saturated carbocycles. The minimum Gasteiger partial charge on any atom is -0.484 e. The third kappa shape index (κ3) is 3.55. The normalized spacial score (nSPS) is 20.3. The largest absolute Gasteiger partial charge is 0.484 e. The molecule has 19 heavy (non-hydrogen) atoms. The number of hydrogen-bond acceptors (Lipinski definition) is 4. The van der Waals surface area contributed by atoms with Crippen LogP contribution < -0.4 is 4.74 Å². The average molecular weight is 313 g/mol. The maximum atomic E-state index is 13.7. The van der Waals surface area contributed by atoms with E-state index >= 15 is 0 Å². The van der Waals surface area contributed by atoms with E-state index in [0.717, 1.165) is 6.42 Å². The summed E-state index contributed by atoms with van der Waals surface area (Å²) in [5, 5.41) is 0. The van der Waals surface area contributed by atoms with E-state index < -0.39 is 37.4 Å². The maximum Gasteiger partial charge on any atom is 0.265 e. The molecule has 0 N–H and O–H groups in total. The molecule has 1 unspecified atom stereocenters. The summed E-state index contributed by atoms with van der Waals surface area (Å²) >= 11 is 0. The van der Waals surface area contributed by atoms with Gasteiger partial charge in [-0.05, 0) is 18.9 Å². The molecule has 1 aromatic rings. The Kier molecular flexibility index (Phi) is 4.27. The lowest BCUT2D eigenvalue weighted by Crippen LogP contribution is -2.28. The summed E-state index contributed by atoms with van der Waals surface area (Å²) in [4.78, 5) is -0.711. The van der Waals surface area contributed by atoms with Crippen LogP contribution in [0.2, 0.25) is 0 Å². The molecule has 1 fully saturated rings. The van der Waals surface area contributed by atoms with Crippen LogP contribution >= 0.6 is 10.7 Å². The number of ether oxygens (including phenoxy) is 2. The molecular formula is C11H11ClF2O4S. The van der Waals surface area contributed by atoms with E-state index in [-0.39, 0.29) is 6.61 Å². The molecule has 1 aromatic carbocycles. The first kappa shape index (κ1) is 14.5. The van der Waals surface area contributed by atoms with E-state index in [1.54, 1.807) is 0 Å². The van der Waals surface area contributed by atoms with Crippen LogP contribution in [0.4, 0.5) is 8.78 Å². The van der Waals surface area contributed by atoms with Crippen molar-refractivity contribution in [2.75, 3.05) is 13.2 Å². The number of halogens is 3. The molecule has 1 saturated heterocycles. The summed E-state index contributed by atoms with van der Waals surface area (Å²) in [6, 6.07) is 1.18. The first-order valence-electron chi connectivity index (χ1n) is 5.56. The van der Waals surface area contributed by atoms with Gasteiger partial charge in [0, 0.05) is 23.4 Å². The number of rotatable bonds is 3. The first-order valence-corrected chi connectivity index (χ1v) is 7.87. The van der Waals surface area contributed by atoms with Gasteiger partial charge >= 0.3 is 0 Å². The Morgan fingerprint density at radius 3 is 2.68 bits per heavy atom. The van der Waals surface area contributed by atoms with Crippen molar-refractivity contribution < 1.29 is 26.7 Å². The zero-order valence-corrected chi connectivity index (χ0v) is 11.3. The van der Waals surface area contributed by atoms with Gasteiger partial charge in [-0.25, -0.2) is 17.2 Å². The molecule has 0 radical (unpaired) electrons. The highest BCUT2D eigenvalue weighted by Crippen LogP contribution is 2.32. The number of hydrogen-bond donors (Lipinski definition) is 0. The summed E-state index contributed by atoms with van der Waals surface area (Å²) in [6.07, 6.45) is 0.834. The van der Waals surface area contributed by atoms with E-state index in [1.807, 2.05) is 0 Å². The van der Waals surface area contributed by atoms with Gasteiger partial charge in [0.1, 0.15) is 16.8 Å². The lowest BCUT2D eigenvalue weighted by Gasteiger charge is -2.24. The average Bonchev–Trinajstić information content (AvgIpc) is 2.32. The number of benzene rings is 1. The van der Waals surface area contributed by atoms with E-state index in [1.165, 1.54) is 0 Å². The van der Waals surface area contributed by atoms with Crippen molar-refractivity contribution in [2.24, 2.45) is 0 Å². The highest BCUT2D eigenvalue weighted by Gasteiger charge is 2.26. The zero-order valence-electron chi connectivity index (χ0n) is 9.74. The highest BCUT2D eigenvalue weighted by atomic mass is 35.7. The molecule has 0 aromatic heterocycles. The Bertz CT molecular complexity index is 570. The second-order valence-electron chi connectivity index (χ2n) is 4.11. The topological polar surface area (TPSA) is 52.6 Å².